The van der Waals surface area contributed by atoms with Crippen LogP contribution in [-0.2, 0) is 26.3 Å². The Hall–Kier alpha value is -1.34. The van der Waals surface area contributed by atoms with Crippen LogP contribution in [0.3, 0.4) is 0 Å². The first kappa shape index (κ1) is 24.7. The third-order valence-corrected chi connectivity index (χ3v) is 3.14. The number of benzene rings is 1. The molecule has 0 aliphatic carbocycles. The first-order valence-electron chi connectivity index (χ1n) is 7.76. The van der Waals surface area contributed by atoms with Gasteiger partial charge in [0.1, 0.15) is 0 Å². The summed E-state index contributed by atoms with van der Waals surface area (Å²) in [4.78, 5) is 8.38. The molecule has 147 valence electrons. The third-order valence-electron chi connectivity index (χ3n) is 3.14. The van der Waals surface area contributed by atoms with Crippen LogP contribution in [0.5, 0.6) is 0 Å². The van der Waals surface area contributed by atoms with E-state index in [1.54, 1.807) is 33.9 Å². The molecule has 0 spiro atoms. The van der Waals surface area contributed by atoms with Crippen LogP contribution in [0, 0.1) is 19.9 Å². The molecule has 26 heavy (non-hydrogen) atoms. The van der Waals surface area contributed by atoms with Gasteiger partial charge < -0.3 is 15.2 Å². The molecule has 1 heterocycles. The van der Waals surface area contributed by atoms with E-state index in [1.165, 1.54) is 6.07 Å². The van der Waals surface area contributed by atoms with Crippen molar-refractivity contribution in [3.63, 3.8) is 0 Å². The molecule has 1 radical (unpaired) electrons. The van der Waals surface area contributed by atoms with Gasteiger partial charge >= 0.3 is 6.18 Å². The van der Waals surface area contributed by atoms with Crippen LogP contribution >= 0.6 is 0 Å². The second kappa shape index (κ2) is 10.7. The summed E-state index contributed by atoms with van der Waals surface area (Å²) in [6, 6.07) is 5.90. The molecular formula is C18H22F3IrN2O2-. The molecular weight excluding hydrogens is 525 g/mol. The summed E-state index contributed by atoms with van der Waals surface area (Å²) in [5.41, 5.74) is 1.78. The van der Waals surface area contributed by atoms with Gasteiger partial charge in [-0.25, -0.2) is 0 Å². The predicted molar refractivity (Wildman–Crippen MR) is 88.8 cm³/mol. The zero-order valence-electron chi connectivity index (χ0n) is 14.9. The minimum absolute atomic E-state index is 0. The van der Waals surface area contributed by atoms with Crippen molar-refractivity contribution in [2.45, 2.75) is 52.5 Å². The summed E-state index contributed by atoms with van der Waals surface area (Å²) in [5.74, 6) is 0. The number of aliphatic hydroxyl groups is 2. The average molecular weight is 548 g/mol. The quantitative estimate of drug-likeness (QED) is 0.576. The Balaban J connectivity index is 0.000000673. The SMILES string of the molecule is CC(O)CC(C)O.Cc1cnc(-c2[c-]cc(C(F)(F)F)cc2)c(C)n1.[Ir]. The Labute approximate surface area is 164 Å². The van der Waals surface area contributed by atoms with Gasteiger partial charge in [0.15, 0.2) is 0 Å². The van der Waals surface area contributed by atoms with E-state index in [9.17, 15) is 13.2 Å². The maximum absolute atomic E-state index is 12.4. The fraction of sp³-hybridized carbons (Fsp3) is 0.444. The van der Waals surface area contributed by atoms with Gasteiger partial charge in [-0.15, -0.1) is 29.8 Å². The normalized spacial score (nSPS) is 13.1. The van der Waals surface area contributed by atoms with Gasteiger partial charge in [-0.05, 0) is 39.7 Å². The molecule has 0 fully saturated rings. The number of aryl methyl sites for hydroxylation is 2. The van der Waals surface area contributed by atoms with Gasteiger partial charge in [-0.2, -0.15) is 13.2 Å². The molecule has 0 bridgehead atoms. The Bertz CT molecular complexity index is 669. The number of hydrogen-bond donors (Lipinski definition) is 2. The summed E-state index contributed by atoms with van der Waals surface area (Å²) in [6.45, 7) is 6.89. The van der Waals surface area contributed by atoms with E-state index in [-0.39, 0.29) is 32.3 Å². The zero-order chi connectivity index (χ0) is 19.2. The number of aromatic nitrogens is 2. The molecule has 4 nitrogen and oxygen atoms in total. The van der Waals surface area contributed by atoms with Gasteiger partial charge in [0, 0.05) is 37.7 Å². The van der Waals surface area contributed by atoms with Crippen molar-refractivity contribution < 1.29 is 43.5 Å². The second-order valence-electron chi connectivity index (χ2n) is 5.87. The van der Waals surface area contributed by atoms with E-state index >= 15 is 0 Å². The molecule has 0 aliphatic rings. The van der Waals surface area contributed by atoms with Crippen molar-refractivity contribution in [2.75, 3.05) is 0 Å². The van der Waals surface area contributed by atoms with Crippen molar-refractivity contribution >= 4 is 0 Å². The van der Waals surface area contributed by atoms with E-state index in [4.69, 9.17) is 10.2 Å². The summed E-state index contributed by atoms with van der Waals surface area (Å²) in [7, 11) is 0. The van der Waals surface area contributed by atoms with Crippen LogP contribution in [0.15, 0.2) is 24.4 Å². The second-order valence-corrected chi connectivity index (χ2v) is 5.87. The van der Waals surface area contributed by atoms with Crippen molar-refractivity contribution in [3.8, 4) is 11.3 Å². The van der Waals surface area contributed by atoms with Crippen LogP contribution < -0.4 is 0 Å². The summed E-state index contributed by atoms with van der Waals surface area (Å²) >= 11 is 0. The Morgan fingerprint density at radius 2 is 1.69 bits per heavy atom. The van der Waals surface area contributed by atoms with E-state index in [0.717, 1.165) is 17.8 Å². The van der Waals surface area contributed by atoms with Crippen molar-refractivity contribution in [1.29, 1.82) is 0 Å². The largest absolute Gasteiger partial charge is 0.393 e. The van der Waals surface area contributed by atoms with Gasteiger partial charge in [0.25, 0.3) is 0 Å². The Morgan fingerprint density at radius 3 is 2.04 bits per heavy atom. The summed E-state index contributed by atoms with van der Waals surface area (Å²) in [6.07, 6.45) is -3.04. The van der Waals surface area contributed by atoms with Crippen molar-refractivity contribution in [2.24, 2.45) is 0 Å². The number of halogens is 3. The van der Waals surface area contributed by atoms with E-state index in [1.807, 2.05) is 0 Å². The molecule has 0 aliphatic heterocycles. The van der Waals surface area contributed by atoms with Crippen LogP contribution in [0.2, 0.25) is 0 Å². The van der Waals surface area contributed by atoms with E-state index in [0.29, 0.717) is 23.4 Å². The Kier molecular flexibility index (Phi) is 10.2. The molecule has 8 heteroatoms. The molecule has 2 aromatic rings. The zero-order valence-corrected chi connectivity index (χ0v) is 17.3. The van der Waals surface area contributed by atoms with Gasteiger partial charge in [0.2, 0.25) is 0 Å². The molecule has 2 atom stereocenters. The van der Waals surface area contributed by atoms with Crippen LogP contribution in [0.4, 0.5) is 13.2 Å². The fourth-order valence-electron chi connectivity index (χ4n) is 2.10. The predicted octanol–water partition coefficient (Wildman–Crippen LogP) is 3.72. The average Bonchev–Trinajstić information content (AvgIpc) is 2.45. The number of aliphatic hydroxyl groups excluding tert-OH is 2. The van der Waals surface area contributed by atoms with Crippen molar-refractivity contribution in [3.05, 3.63) is 47.4 Å². The standard InChI is InChI=1S/C13H10F3N2.C5H12O2.Ir/c1-8-7-17-12(9(2)18-8)10-3-5-11(6-4-10)13(14,15)16;1-4(6)3-5(2)7;/h3,5-7H,1-2H3;4-7H,3H2,1-2H3;/q-1;;. The number of alkyl halides is 3. The summed E-state index contributed by atoms with van der Waals surface area (Å²) in [5, 5.41) is 17.1. The van der Waals surface area contributed by atoms with E-state index in [2.05, 4.69) is 16.0 Å². The van der Waals surface area contributed by atoms with Crippen LogP contribution in [-0.4, -0.2) is 32.4 Å². The van der Waals surface area contributed by atoms with Crippen molar-refractivity contribution in [1.82, 2.24) is 9.97 Å². The van der Waals surface area contributed by atoms with Crippen LogP contribution in [0.1, 0.15) is 37.2 Å². The first-order chi connectivity index (χ1) is 11.5. The minimum Gasteiger partial charge on any atom is -0.393 e. The maximum atomic E-state index is 12.4. The fourth-order valence-corrected chi connectivity index (χ4v) is 2.10. The van der Waals surface area contributed by atoms with E-state index < -0.39 is 11.7 Å². The smallest absolute Gasteiger partial charge is 0.381 e. The molecule has 0 saturated carbocycles. The monoisotopic (exact) mass is 548 g/mol. The minimum atomic E-state index is -4.34. The summed E-state index contributed by atoms with van der Waals surface area (Å²) < 4.78 is 37.2. The topological polar surface area (TPSA) is 66.2 Å². The Morgan fingerprint density at radius 1 is 1.12 bits per heavy atom. The molecule has 1 aromatic carbocycles. The molecule has 2 N–H and O–H groups in total. The maximum Gasteiger partial charge on any atom is 0.381 e. The van der Waals surface area contributed by atoms with Gasteiger partial charge in [-0.1, -0.05) is 0 Å². The molecule has 0 amide bonds. The molecule has 2 unspecified atom stereocenters. The molecule has 2 rings (SSSR count). The van der Waals surface area contributed by atoms with Crippen LogP contribution in [0.25, 0.3) is 11.3 Å². The van der Waals surface area contributed by atoms with Gasteiger partial charge in [-0.3, -0.25) is 4.98 Å². The number of hydrogen-bond acceptors (Lipinski definition) is 4. The first-order valence-corrected chi connectivity index (χ1v) is 7.76. The number of nitrogens with zero attached hydrogens (tertiary/aromatic N) is 2. The molecule has 1 aromatic heterocycles. The number of rotatable bonds is 3. The molecule has 0 saturated heterocycles. The third kappa shape index (κ3) is 8.36. The van der Waals surface area contributed by atoms with Gasteiger partial charge in [0.05, 0.1) is 17.9 Å².